The smallest absolute Gasteiger partial charge is 0.245 e. The number of aromatic amines is 1. The number of carbonyl (C=O) groups excluding carboxylic acids is 2. The predicted octanol–water partition coefficient (Wildman–Crippen LogP) is 2.64. The lowest BCUT2D eigenvalue weighted by Crippen LogP contribution is -2.45. The van der Waals surface area contributed by atoms with E-state index in [9.17, 15) is 19.1 Å². The lowest BCUT2D eigenvalue weighted by molar-refractivity contribution is -0.128. The molecule has 2 aromatic carbocycles. The summed E-state index contributed by atoms with van der Waals surface area (Å²) >= 11 is 3.54. The van der Waals surface area contributed by atoms with Gasteiger partial charge in [-0.2, -0.15) is 0 Å². The zero-order valence-electron chi connectivity index (χ0n) is 15.3. The summed E-state index contributed by atoms with van der Waals surface area (Å²) in [6.45, 7) is 0.134. The molecule has 4 rings (SSSR count). The molecular formula is C21H19BrFN3O3. The molecule has 1 fully saturated rings. The molecule has 0 radical (unpaired) electrons. The van der Waals surface area contributed by atoms with Gasteiger partial charge in [-0.25, -0.2) is 4.39 Å². The van der Waals surface area contributed by atoms with E-state index in [1.165, 1.54) is 12.1 Å². The van der Waals surface area contributed by atoms with Gasteiger partial charge >= 0.3 is 0 Å². The SMILES string of the molecule is O=C(CCc1c(-c2ccc(F)cc2)[nH]c2c(Br)cccc12)N[C@@H]1C(=O)NC[C@H]1O. The third-order valence-electron chi connectivity index (χ3n) is 5.09. The molecule has 2 amide bonds. The van der Waals surface area contributed by atoms with Gasteiger partial charge in [0.2, 0.25) is 11.8 Å². The standard InChI is InChI=1S/C21H19BrFN3O3/c22-15-3-1-2-13-14(8-9-17(28)25-20-16(27)10-24-21(20)29)18(26-19(13)15)11-4-6-12(23)7-5-11/h1-7,16,20,26-27H,8-10H2,(H,24,29)(H,25,28)/t16-,20+/m1/s1. The van der Waals surface area contributed by atoms with Crippen LogP contribution < -0.4 is 10.6 Å². The largest absolute Gasteiger partial charge is 0.389 e. The quantitative estimate of drug-likeness (QED) is 0.472. The van der Waals surface area contributed by atoms with Gasteiger partial charge in [0.05, 0.1) is 5.52 Å². The highest BCUT2D eigenvalue weighted by Gasteiger charge is 2.34. The van der Waals surface area contributed by atoms with E-state index in [-0.39, 0.29) is 30.6 Å². The third kappa shape index (κ3) is 3.90. The van der Waals surface area contributed by atoms with Crippen LogP contribution in [0, 0.1) is 5.82 Å². The first-order chi connectivity index (χ1) is 13.9. The van der Waals surface area contributed by atoms with Gasteiger partial charge in [0.1, 0.15) is 18.0 Å². The molecule has 6 nitrogen and oxygen atoms in total. The Morgan fingerprint density at radius 1 is 1.24 bits per heavy atom. The normalized spacial score (nSPS) is 18.8. The van der Waals surface area contributed by atoms with Gasteiger partial charge in [-0.15, -0.1) is 0 Å². The number of hydrogen-bond donors (Lipinski definition) is 4. The molecule has 0 aliphatic carbocycles. The third-order valence-corrected chi connectivity index (χ3v) is 5.76. The topological polar surface area (TPSA) is 94.2 Å². The summed E-state index contributed by atoms with van der Waals surface area (Å²) in [7, 11) is 0. The van der Waals surface area contributed by atoms with Crippen LogP contribution in [0.3, 0.4) is 0 Å². The van der Waals surface area contributed by atoms with Crippen molar-refractivity contribution in [1.82, 2.24) is 15.6 Å². The Balaban J connectivity index is 1.61. The maximum atomic E-state index is 13.4. The maximum Gasteiger partial charge on any atom is 0.245 e. The number of benzene rings is 2. The molecule has 0 saturated carbocycles. The fourth-order valence-corrected chi connectivity index (χ4v) is 4.08. The summed E-state index contributed by atoms with van der Waals surface area (Å²) in [5, 5.41) is 15.9. The number of hydrogen-bond acceptors (Lipinski definition) is 3. The molecular weight excluding hydrogens is 441 g/mol. The van der Waals surface area contributed by atoms with Crippen molar-refractivity contribution in [2.75, 3.05) is 6.54 Å². The second-order valence-corrected chi connectivity index (χ2v) is 7.86. The Bertz CT molecular complexity index is 1080. The average Bonchev–Trinajstić information content (AvgIpc) is 3.23. The van der Waals surface area contributed by atoms with E-state index in [2.05, 4.69) is 31.5 Å². The number of carbonyl (C=O) groups is 2. The molecule has 3 aromatic rings. The van der Waals surface area contributed by atoms with Crippen molar-refractivity contribution in [2.24, 2.45) is 0 Å². The molecule has 2 heterocycles. The number of nitrogens with one attached hydrogen (secondary N) is 3. The second-order valence-electron chi connectivity index (χ2n) is 7.01. The van der Waals surface area contributed by atoms with Crippen LogP contribution in [0.15, 0.2) is 46.9 Å². The monoisotopic (exact) mass is 459 g/mol. The number of H-pyrrole nitrogens is 1. The lowest BCUT2D eigenvalue weighted by Gasteiger charge is -2.13. The van der Waals surface area contributed by atoms with E-state index in [0.29, 0.717) is 6.42 Å². The Hall–Kier alpha value is -2.71. The first-order valence-corrected chi connectivity index (χ1v) is 10.0. The van der Waals surface area contributed by atoms with Crippen LogP contribution in [0.2, 0.25) is 0 Å². The van der Waals surface area contributed by atoms with Crippen molar-refractivity contribution in [3.05, 3.63) is 58.3 Å². The van der Waals surface area contributed by atoms with Crippen LogP contribution >= 0.6 is 15.9 Å². The number of para-hydroxylation sites is 1. The first kappa shape index (κ1) is 19.6. The number of halogens is 2. The van der Waals surface area contributed by atoms with Crippen molar-refractivity contribution < 1.29 is 19.1 Å². The minimum absolute atomic E-state index is 0.134. The summed E-state index contributed by atoms with van der Waals surface area (Å²) < 4.78 is 14.2. The molecule has 150 valence electrons. The molecule has 1 aliphatic heterocycles. The Labute approximate surface area is 174 Å². The molecule has 0 spiro atoms. The van der Waals surface area contributed by atoms with Crippen molar-refractivity contribution in [3.63, 3.8) is 0 Å². The Kier molecular flexibility index (Phi) is 5.38. The summed E-state index contributed by atoms with van der Waals surface area (Å²) in [6.07, 6.45) is -0.367. The van der Waals surface area contributed by atoms with E-state index < -0.39 is 12.1 Å². The number of aliphatic hydroxyl groups is 1. The Morgan fingerprint density at radius 2 is 2.00 bits per heavy atom. The van der Waals surface area contributed by atoms with Crippen molar-refractivity contribution in [1.29, 1.82) is 0 Å². The Morgan fingerprint density at radius 3 is 2.69 bits per heavy atom. The van der Waals surface area contributed by atoms with Gasteiger partial charge in [0.25, 0.3) is 0 Å². The lowest BCUT2D eigenvalue weighted by atomic mass is 10.0. The summed E-state index contributed by atoms with van der Waals surface area (Å²) in [5.74, 6) is -1.02. The van der Waals surface area contributed by atoms with Gasteiger partial charge in [0.15, 0.2) is 0 Å². The molecule has 8 heteroatoms. The molecule has 0 bridgehead atoms. The van der Waals surface area contributed by atoms with Crippen LogP contribution in [-0.2, 0) is 16.0 Å². The highest BCUT2D eigenvalue weighted by Crippen LogP contribution is 2.34. The minimum Gasteiger partial charge on any atom is -0.389 e. The number of aryl methyl sites for hydroxylation is 1. The highest BCUT2D eigenvalue weighted by molar-refractivity contribution is 9.10. The predicted molar refractivity (Wildman–Crippen MR) is 111 cm³/mol. The van der Waals surface area contributed by atoms with Crippen LogP contribution in [0.4, 0.5) is 4.39 Å². The fraction of sp³-hybridized carbons (Fsp3) is 0.238. The molecule has 1 saturated heterocycles. The van der Waals surface area contributed by atoms with Gasteiger partial charge in [-0.05, 0) is 63.8 Å². The van der Waals surface area contributed by atoms with E-state index in [4.69, 9.17) is 0 Å². The van der Waals surface area contributed by atoms with Crippen LogP contribution in [0.5, 0.6) is 0 Å². The van der Waals surface area contributed by atoms with E-state index in [1.54, 1.807) is 12.1 Å². The number of rotatable bonds is 5. The van der Waals surface area contributed by atoms with Crippen LogP contribution in [0.1, 0.15) is 12.0 Å². The number of fused-ring (bicyclic) bond motifs is 1. The summed E-state index contributed by atoms with van der Waals surface area (Å²) in [4.78, 5) is 27.5. The number of aliphatic hydroxyl groups excluding tert-OH is 1. The van der Waals surface area contributed by atoms with Crippen molar-refractivity contribution >= 4 is 38.6 Å². The average molecular weight is 460 g/mol. The molecule has 1 aromatic heterocycles. The number of β-amino-alcohol motifs (C(OH)–C–C–N with tert-alkyl or cyclic N) is 1. The molecule has 1 aliphatic rings. The first-order valence-electron chi connectivity index (χ1n) is 9.24. The van der Waals surface area contributed by atoms with Crippen LogP contribution in [0.25, 0.3) is 22.2 Å². The zero-order valence-corrected chi connectivity index (χ0v) is 16.9. The fourth-order valence-electron chi connectivity index (χ4n) is 3.61. The molecule has 4 N–H and O–H groups in total. The second kappa shape index (κ2) is 7.96. The summed E-state index contributed by atoms with van der Waals surface area (Å²) in [6, 6.07) is 11.1. The molecule has 2 atom stereocenters. The van der Waals surface area contributed by atoms with E-state index in [0.717, 1.165) is 32.2 Å². The highest BCUT2D eigenvalue weighted by atomic mass is 79.9. The molecule has 29 heavy (non-hydrogen) atoms. The number of amides is 2. The van der Waals surface area contributed by atoms with E-state index in [1.807, 2.05) is 18.2 Å². The van der Waals surface area contributed by atoms with Crippen molar-refractivity contribution in [3.8, 4) is 11.3 Å². The van der Waals surface area contributed by atoms with Gasteiger partial charge in [-0.3, -0.25) is 9.59 Å². The van der Waals surface area contributed by atoms with Gasteiger partial charge in [-0.1, -0.05) is 12.1 Å². The minimum atomic E-state index is -0.926. The zero-order chi connectivity index (χ0) is 20.5. The van der Waals surface area contributed by atoms with Gasteiger partial charge in [0, 0.05) is 28.5 Å². The van der Waals surface area contributed by atoms with E-state index >= 15 is 0 Å². The number of aromatic nitrogens is 1. The molecule has 0 unspecified atom stereocenters. The van der Waals surface area contributed by atoms with Crippen LogP contribution in [-0.4, -0.2) is 40.6 Å². The van der Waals surface area contributed by atoms with Gasteiger partial charge < -0.3 is 20.7 Å². The maximum absolute atomic E-state index is 13.4. The van der Waals surface area contributed by atoms with Crippen molar-refractivity contribution in [2.45, 2.75) is 25.0 Å². The summed E-state index contributed by atoms with van der Waals surface area (Å²) in [5.41, 5.74) is 3.46.